The molecule has 0 spiro atoms. The molecule has 1 amide bonds. The van der Waals surface area contributed by atoms with Crippen molar-refractivity contribution < 1.29 is 14.7 Å². The van der Waals surface area contributed by atoms with E-state index in [0.717, 1.165) is 11.1 Å². The minimum absolute atomic E-state index is 0.0311. The first-order valence-electron chi connectivity index (χ1n) is 8.24. The van der Waals surface area contributed by atoms with Gasteiger partial charge in [-0.3, -0.25) is 9.59 Å². The Morgan fingerprint density at radius 1 is 0.958 bits per heavy atom. The number of carbonyl (C=O) groups excluding carboxylic acids is 1. The maximum Gasteiger partial charge on any atom is 0.308 e. The molecular formula is C20H21NO3. The molecule has 1 N–H and O–H groups in total. The fourth-order valence-electron chi connectivity index (χ4n) is 3.35. The maximum atomic E-state index is 12.5. The van der Waals surface area contributed by atoms with Gasteiger partial charge in [0, 0.05) is 25.4 Å². The van der Waals surface area contributed by atoms with Crippen molar-refractivity contribution in [2.45, 2.75) is 18.8 Å². The van der Waals surface area contributed by atoms with Crippen molar-refractivity contribution in [3.63, 3.8) is 0 Å². The second kappa shape index (κ2) is 7.30. The molecule has 2 aromatic carbocycles. The molecule has 0 aliphatic carbocycles. The molecule has 0 radical (unpaired) electrons. The number of benzene rings is 2. The molecule has 0 saturated carbocycles. The van der Waals surface area contributed by atoms with Crippen LogP contribution in [0.3, 0.4) is 0 Å². The third kappa shape index (κ3) is 3.65. The number of nitrogens with zero attached hydrogens (tertiary/aromatic N) is 1. The lowest BCUT2D eigenvalue weighted by atomic mass is 9.89. The van der Waals surface area contributed by atoms with Crippen LogP contribution >= 0.6 is 0 Å². The van der Waals surface area contributed by atoms with E-state index in [2.05, 4.69) is 0 Å². The quantitative estimate of drug-likeness (QED) is 0.920. The number of carboxylic acids is 1. The predicted molar refractivity (Wildman–Crippen MR) is 91.7 cm³/mol. The summed E-state index contributed by atoms with van der Waals surface area (Å²) < 4.78 is 0. The molecule has 1 saturated heterocycles. The molecule has 0 unspecified atom stereocenters. The van der Waals surface area contributed by atoms with Gasteiger partial charge in [-0.25, -0.2) is 0 Å². The Kier molecular flexibility index (Phi) is 4.94. The lowest BCUT2D eigenvalue weighted by Crippen LogP contribution is -2.30. The number of hydrogen-bond acceptors (Lipinski definition) is 2. The first kappa shape index (κ1) is 16.2. The molecule has 0 bridgehead atoms. The Bertz CT molecular complexity index is 699. The Balaban J connectivity index is 1.66. The molecule has 24 heavy (non-hydrogen) atoms. The Hall–Kier alpha value is -2.62. The van der Waals surface area contributed by atoms with Crippen LogP contribution in [0.1, 0.15) is 23.5 Å². The number of amides is 1. The normalized spacial score (nSPS) is 20.1. The highest BCUT2D eigenvalue weighted by atomic mass is 16.4. The first-order chi connectivity index (χ1) is 11.6. The number of aliphatic carboxylic acids is 1. The maximum absolute atomic E-state index is 12.5. The molecular weight excluding hydrogens is 302 g/mol. The number of carboxylic acid groups (broad SMARTS) is 1. The van der Waals surface area contributed by atoms with E-state index in [4.69, 9.17) is 0 Å². The van der Waals surface area contributed by atoms with Crippen LogP contribution in [0.25, 0.3) is 0 Å². The van der Waals surface area contributed by atoms with E-state index in [-0.39, 0.29) is 11.8 Å². The van der Waals surface area contributed by atoms with E-state index in [1.165, 1.54) is 0 Å². The van der Waals surface area contributed by atoms with E-state index >= 15 is 0 Å². The van der Waals surface area contributed by atoms with Crippen LogP contribution in [0, 0.1) is 5.92 Å². The average Bonchev–Trinajstić information content (AvgIpc) is 3.07. The summed E-state index contributed by atoms with van der Waals surface area (Å²) in [5, 5.41) is 9.51. The lowest BCUT2D eigenvalue weighted by molar-refractivity contribution is -0.141. The highest BCUT2D eigenvalue weighted by molar-refractivity contribution is 5.79. The Morgan fingerprint density at radius 2 is 1.58 bits per heavy atom. The monoisotopic (exact) mass is 323 g/mol. The molecule has 2 atom stereocenters. The highest BCUT2D eigenvalue weighted by Crippen LogP contribution is 2.33. The second-order valence-electron chi connectivity index (χ2n) is 6.25. The molecule has 1 heterocycles. The molecule has 124 valence electrons. The summed E-state index contributed by atoms with van der Waals surface area (Å²) in [7, 11) is 0. The van der Waals surface area contributed by atoms with Crippen LogP contribution in [-0.2, 0) is 16.0 Å². The number of likely N-dealkylation sites (tertiary alicyclic amines) is 1. The molecule has 4 nitrogen and oxygen atoms in total. The molecule has 4 heteroatoms. The average molecular weight is 323 g/mol. The van der Waals surface area contributed by atoms with Gasteiger partial charge in [-0.2, -0.15) is 0 Å². The van der Waals surface area contributed by atoms with Crippen molar-refractivity contribution in [2.24, 2.45) is 5.92 Å². The van der Waals surface area contributed by atoms with Gasteiger partial charge >= 0.3 is 5.97 Å². The summed E-state index contributed by atoms with van der Waals surface area (Å²) >= 11 is 0. The summed E-state index contributed by atoms with van der Waals surface area (Å²) in [6.45, 7) is 0.775. The zero-order chi connectivity index (χ0) is 16.9. The lowest BCUT2D eigenvalue weighted by Gasteiger charge is -2.16. The Morgan fingerprint density at radius 3 is 2.21 bits per heavy atom. The number of rotatable bonds is 5. The van der Waals surface area contributed by atoms with Crippen LogP contribution in [0.15, 0.2) is 60.7 Å². The Labute approximate surface area is 141 Å². The second-order valence-corrected chi connectivity index (χ2v) is 6.25. The van der Waals surface area contributed by atoms with Gasteiger partial charge in [0.15, 0.2) is 0 Å². The van der Waals surface area contributed by atoms with Crippen molar-refractivity contribution in [1.29, 1.82) is 0 Å². The van der Waals surface area contributed by atoms with Gasteiger partial charge in [-0.15, -0.1) is 0 Å². The third-order valence-corrected chi connectivity index (χ3v) is 4.69. The fraction of sp³-hybridized carbons (Fsp3) is 0.300. The van der Waals surface area contributed by atoms with E-state index in [9.17, 15) is 14.7 Å². The fourth-order valence-corrected chi connectivity index (χ4v) is 3.35. The van der Waals surface area contributed by atoms with Crippen molar-refractivity contribution in [3.8, 4) is 0 Å². The molecule has 3 rings (SSSR count). The highest BCUT2D eigenvalue weighted by Gasteiger charge is 2.40. The minimum Gasteiger partial charge on any atom is -0.481 e. The standard InChI is InChI=1S/C20H21NO3/c22-19(12-11-15-7-3-1-4-8-15)21-13-17(18(14-21)20(23)24)16-9-5-2-6-10-16/h1-10,17-18H,11-14H2,(H,23,24)/t17-,18-/m1/s1. The van der Waals surface area contributed by atoms with Crippen LogP contribution in [0.5, 0.6) is 0 Å². The first-order valence-corrected chi connectivity index (χ1v) is 8.24. The molecule has 1 aliphatic rings. The zero-order valence-corrected chi connectivity index (χ0v) is 13.5. The smallest absolute Gasteiger partial charge is 0.308 e. The van der Waals surface area contributed by atoms with Gasteiger partial charge in [-0.1, -0.05) is 60.7 Å². The number of carbonyl (C=O) groups is 2. The van der Waals surface area contributed by atoms with Gasteiger partial charge < -0.3 is 10.0 Å². The van der Waals surface area contributed by atoms with E-state index in [1.807, 2.05) is 60.7 Å². The summed E-state index contributed by atoms with van der Waals surface area (Å²) in [6, 6.07) is 19.5. The topological polar surface area (TPSA) is 57.6 Å². The van der Waals surface area contributed by atoms with Crippen LogP contribution in [-0.4, -0.2) is 35.0 Å². The molecule has 1 aliphatic heterocycles. The minimum atomic E-state index is -0.831. The molecule has 1 fully saturated rings. The summed E-state index contributed by atoms with van der Waals surface area (Å²) in [5.41, 5.74) is 2.11. The molecule has 0 aromatic heterocycles. The predicted octanol–water partition coefficient (Wildman–Crippen LogP) is 2.95. The number of aryl methyl sites for hydroxylation is 1. The summed E-state index contributed by atoms with van der Waals surface area (Å²) in [5.74, 6) is -1.47. The van der Waals surface area contributed by atoms with Crippen molar-refractivity contribution in [2.75, 3.05) is 13.1 Å². The van der Waals surface area contributed by atoms with Gasteiger partial charge in [-0.05, 0) is 17.5 Å². The summed E-state index contributed by atoms with van der Waals surface area (Å²) in [4.78, 5) is 25.8. The van der Waals surface area contributed by atoms with Crippen LogP contribution in [0.2, 0.25) is 0 Å². The van der Waals surface area contributed by atoms with Gasteiger partial charge in [0.25, 0.3) is 0 Å². The van der Waals surface area contributed by atoms with E-state index in [0.29, 0.717) is 25.9 Å². The SMILES string of the molecule is O=C(O)[C@@H]1CN(C(=O)CCc2ccccc2)C[C@@H]1c1ccccc1. The van der Waals surface area contributed by atoms with Crippen molar-refractivity contribution in [3.05, 3.63) is 71.8 Å². The summed E-state index contributed by atoms with van der Waals surface area (Å²) in [6.07, 6.45) is 1.10. The van der Waals surface area contributed by atoms with Gasteiger partial charge in [0.2, 0.25) is 5.91 Å². The zero-order valence-electron chi connectivity index (χ0n) is 13.5. The van der Waals surface area contributed by atoms with Crippen LogP contribution in [0.4, 0.5) is 0 Å². The van der Waals surface area contributed by atoms with Crippen molar-refractivity contribution >= 4 is 11.9 Å². The van der Waals surface area contributed by atoms with Gasteiger partial charge in [0.1, 0.15) is 0 Å². The van der Waals surface area contributed by atoms with Crippen LogP contribution < -0.4 is 0 Å². The molecule has 2 aromatic rings. The van der Waals surface area contributed by atoms with E-state index in [1.54, 1.807) is 4.90 Å². The van der Waals surface area contributed by atoms with Crippen molar-refractivity contribution in [1.82, 2.24) is 4.90 Å². The van der Waals surface area contributed by atoms with E-state index < -0.39 is 11.9 Å². The van der Waals surface area contributed by atoms with Gasteiger partial charge in [0.05, 0.1) is 5.92 Å². The third-order valence-electron chi connectivity index (χ3n) is 4.69. The number of hydrogen-bond donors (Lipinski definition) is 1. The largest absolute Gasteiger partial charge is 0.481 e.